The van der Waals surface area contributed by atoms with Gasteiger partial charge in [0.1, 0.15) is 5.78 Å². The number of methoxy groups -OCH3 is 1. The number of ether oxygens (including phenoxy) is 1. The van der Waals surface area contributed by atoms with Gasteiger partial charge in [-0.3, -0.25) is 4.79 Å². The summed E-state index contributed by atoms with van der Waals surface area (Å²) >= 11 is 0. The smallest absolute Gasteiger partial charge is 0.148 e. The molecule has 13 heavy (non-hydrogen) atoms. The molecule has 2 heteroatoms. The Hall–Kier alpha value is -0.890. The highest BCUT2D eigenvalue weighted by Crippen LogP contribution is 2.28. The first-order valence-electron chi connectivity index (χ1n) is 4.63. The highest BCUT2D eigenvalue weighted by Gasteiger charge is 2.32. The molecule has 0 amide bonds. The average Bonchev–Trinajstić information content (AvgIpc) is 2.18. The second-order valence-electron chi connectivity index (χ2n) is 3.29. The normalized spacial score (nSPS) is 18.9. The lowest BCUT2D eigenvalue weighted by molar-refractivity contribution is -0.126. The van der Waals surface area contributed by atoms with E-state index in [1.54, 1.807) is 7.11 Å². The molecule has 72 valence electrons. The minimum absolute atomic E-state index is 0.224. The lowest BCUT2D eigenvalue weighted by Gasteiger charge is -2.26. The zero-order valence-electron chi connectivity index (χ0n) is 8.25. The van der Waals surface area contributed by atoms with Crippen molar-refractivity contribution >= 4 is 5.78 Å². The third-order valence-corrected chi connectivity index (χ3v) is 2.33. The molecule has 0 radical (unpaired) electrons. The van der Waals surface area contributed by atoms with E-state index in [1.807, 2.05) is 31.2 Å². The van der Waals surface area contributed by atoms with Crippen molar-refractivity contribution in [2.24, 2.45) is 5.41 Å². The fourth-order valence-electron chi connectivity index (χ4n) is 1.62. The highest BCUT2D eigenvalue weighted by atomic mass is 16.5. The fraction of sp³-hybridized carbons (Fsp3) is 0.545. The van der Waals surface area contributed by atoms with Crippen molar-refractivity contribution in [1.82, 2.24) is 0 Å². The molecule has 0 heterocycles. The molecule has 0 aromatic heterocycles. The van der Waals surface area contributed by atoms with Crippen molar-refractivity contribution in [2.75, 3.05) is 13.7 Å². The van der Waals surface area contributed by atoms with Gasteiger partial charge in [0.25, 0.3) is 0 Å². The average molecular weight is 180 g/mol. The number of allylic oxidation sites excluding steroid dienone is 2. The van der Waals surface area contributed by atoms with Crippen LogP contribution in [0.25, 0.3) is 0 Å². The molecular formula is C11H16O2. The predicted molar refractivity (Wildman–Crippen MR) is 52.5 cm³/mol. The van der Waals surface area contributed by atoms with Gasteiger partial charge in [0, 0.05) is 13.5 Å². The van der Waals surface area contributed by atoms with E-state index in [9.17, 15) is 4.79 Å². The number of hydrogen-bond donors (Lipinski definition) is 0. The monoisotopic (exact) mass is 180 g/mol. The number of rotatable bonds is 4. The number of ketones is 1. The van der Waals surface area contributed by atoms with E-state index in [4.69, 9.17) is 4.74 Å². The zero-order chi connectivity index (χ0) is 9.73. The van der Waals surface area contributed by atoms with Crippen molar-refractivity contribution in [2.45, 2.75) is 19.8 Å². The largest absolute Gasteiger partial charge is 0.383 e. The van der Waals surface area contributed by atoms with Crippen LogP contribution >= 0.6 is 0 Å². The van der Waals surface area contributed by atoms with Gasteiger partial charge in [-0.1, -0.05) is 31.2 Å². The van der Waals surface area contributed by atoms with Gasteiger partial charge >= 0.3 is 0 Å². The van der Waals surface area contributed by atoms with Crippen LogP contribution in [0.3, 0.4) is 0 Å². The number of carbonyl (C=O) groups excluding carboxylic acids is 1. The summed E-state index contributed by atoms with van der Waals surface area (Å²) in [6.07, 6.45) is 9.43. The van der Waals surface area contributed by atoms with Gasteiger partial charge in [-0.2, -0.15) is 0 Å². The quantitative estimate of drug-likeness (QED) is 0.619. The fourth-order valence-corrected chi connectivity index (χ4v) is 1.62. The Bertz CT molecular complexity index is 226. The van der Waals surface area contributed by atoms with Crippen LogP contribution in [-0.4, -0.2) is 19.5 Å². The van der Waals surface area contributed by atoms with E-state index in [-0.39, 0.29) is 5.78 Å². The van der Waals surface area contributed by atoms with Crippen molar-refractivity contribution in [1.29, 1.82) is 0 Å². The topological polar surface area (TPSA) is 26.3 Å². The molecule has 1 aliphatic rings. The molecule has 0 saturated heterocycles. The van der Waals surface area contributed by atoms with Crippen molar-refractivity contribution < 1.29 is 9.53 Å². The standard InChI is InChI=1S/C11H16O2/c1-3-10(12)11(9-13-2)7-5-4-6-8-11/h5-8H,3-4,9H2,1-2H3. The molecule has 0 atom stereocenters. The maximum Gasteiger partial charge on any atom is 0.148 e. The van der Waals surface area contributed by atoms with E-state index < -0.39 is 5.41 Å². The summed E-state index contributed by atoms with van der Waals surface area (Å²) in [5.74, 6) is 0.224. The van der Waals surface area contributed by atoms with Gasteiger partial charge in [0.2, 0.25) is 0 Å². The third-order valence-electron chi connectivity index (χ3n) is 2.33. The predicted octanol–water partition coefficient (Wildman–Crippen LogP) is 2.11. The minimum Gasteiger partial charge on any atom is -0.383 e. The molecule has 0 unspecified atom stereocenters. The molecule has 2 nitrogen and oxygen atoms in total. The second kappa shape index (κ2) is 4.38. The van der Waals surface area contributed by atoms with E-state index in [2.05, 4.69) is 0 Å². The van der Waals surface area contributed by atoms with Crippen LogP contribution in [0.4, 0.5) is 0 Å². The van der Waals surface area contributed by atoms with E-state index in [0.717, 1.165) is 6.42 Å². The van der Waals surface area contributed by atoms with Crippen LogP contribution in [0.2, 0.25) is 0 Å². The maximum atomic E-state index is 11.7. The van der Waals surface area contributed by atoms with Gasteiger partial charge in [-0.15, -0.1) is 0 Å². The lowest BCUT2D eigenvalue weighted by Crippen LogP contribution is -2.32. The summed E-state index contributed by atoms with van der Waals surface area (Å²) < 4.78 is 5.08. The Labute approximate surface area is 79.3 Å². The molecule has 0 bridgehead atoms. The maximum absolute atomic E-state index is 11.7. The summed E-state index contributed by atoms with van der Waals surface area (Å²) in [5.41, 5.74) is -0.484. The third kappa shape index (κ3) is 2.07. The van der Waals surface area contributed by atoms with Crippen LogP contribution in [0.1, 0.15) is 19.8 Å². The van der Waals surface area contributed by atoms with E-state index in [1.165, 1.54) is 0 Å². The molecule has 0 spiro atoms. The molecule has 1 aliphatic carbocycles. The highest BCUT2D eigenvalue weighted by molar-refractivity contribution is 5.89. The summed E-state index contributed by atoms with van der Waals surface area (Å²) in [5, 5.41) is 0. The molecular weight excluding hydrogens is 164 g/mol. The van der Waals surface area contributed by atoms with Gasteiger partial charge in [-0.05, 0) is 6.42 Å². The van der Waals surface area contributed by atoms with Crippen molar-refractivity contribution in [3.63, 3.8) is 0 Å². The summed E-state index contributed by atoms with van der Waals surface area (Å²) in [7, 11) is 1.63. The molecule has 0 saturated carbocycles. The number of Topliss-reactive ketones (excluding diaryl/α,β-unsaturated/α-hetero) is 1. The van der Waals surface area contributed by atoms with Crippen LogP contribution < -0.4 is 0 Å². The first kappa shape index (κ1) is 10.2. The molecule has 0 aromatic rings. The van der Waals surface area contributed by atoms with E-state index in [0.29, 0.717) is 13.0 Å². The Kier molecular flexibility index (Phi) is 3.43. The Morgan fingerprint density at radius 3 is 2.54 bits per heavy atom. The van der Waals surface area contributed by atoms with Crippen LogP contribution in [0.5, 0.6) is 0 Å². The molecule has 0 aromatic carbocycles. The summed E-state index contributed by atoms with van der Waals surface area (Å²) in [6, 6.07) is 0. The van der Waals surface area contributed by atoms with Crippen LogP contribution in [0, 0.1) is 5.41 Å². The number of hydrogen-bond acceptors (Lipinski definition) is 2. The Balaban J connectivity index is 2.85. The van der Waals surface area contributed by atoms with Gasteiger partial charge in [-0.25, -0.2) is 0 Å². The van der Waals surface area contributed by atoms with Crippen LogP contribution in [0.15, 0.2) is 24.3 Å². The molecule has 0 aliphatic heterocycles. The van der Waals surface area contributed by atoms with Crippen molar-refractivity contribution in [3.8, 4) is 0 Å². The zero-order valence-corrected chi connectivity index (χ0v) is 8.25. The first-order valence-corrected chi connectivity index (χ1v) is 4.63. The SMILES string of the molecule is CCC(=O)C1(COC)C=CCC=C1. The number of carbonyl (C=O) groups is 1. The minimum atomic E-state index is -0.484. The lowest BCUT2D eigenvalue weighted by atomic mass is 9.80. The molecule has 1 rings (SSSR count). The molecule has 0 N–H and O–H groups in total. The molecule has 0 fully saturated rings. The first-order chi connectivity index (χ1) is 6.25. The van der Waals surface area contributed by atoms with Gasteiger partial charge < -0.3 is 4.74 Å². The Morgan fingerprint density at radius 1 is 1.46 bits per heavy atom. The van der Waals surface area contributed by atoms with E-state index >= 15 is 0 Å². The second-order valence-corrected chi connectivity index (χ2v) is 3.29. The summed E-state index contributed by atoms with van der Waals surface area (Å²) in [4.78, 5) is 11.7. The summed E-state index contributed by atoms with van der Waals surface area (Å²) in [6.45, 7) is 2.34. The Morgan fingerprint density at radius 2 is 2.08 bits per heavy atom. The van der Waals surface area contributed by atoms with Gasteiger partial charge in [0.15, 0.2) is 0 Å². The van der Waals surface area contributed by atoms with Crippen molar-refractivity contribution in [3.05, 3.63) is 24.3 Å². The van der Waals surface area contributed by atoms with Crippen LogP contribution in [-0.2, 0) is 9.53 Å². The van der Waals surface area contributed by atoms with Gasteiger partial charge in [0.05, 0.1) is 12.0 Å².